The van der Waals surface area contributed by atoms with Gasteiger partial charge in [-0.3, -0.25) is 0 Å². The van der Waals surface area contributed by atoms with E-state index in [1.807, 2.05) is 0 Å². The number of nitrogens with zero attached hydrogens (tertiary/aromatic N) is 2. The highest BCUT2D eigenvalue weighted by atomic mass is 19.4. The smallest absolute Gasteiger partial charge is 0.205 e. The maximum absolute atomic E-state index is 11.4. The maximum atomic E-state index is 11.4. The Hall–Kier alpha value is -1.47. The van der Waals surface area contributed by atoms with Crippen molar-refractivity contribution in [3.8, 4) is 0 Å². The molecule has 0 aromatic carbocycles. The fourth-order valence-corrected chi connectivity index (χ4v) is 0.447. The first-order chi connectivity index (χ1) is 4.97. The largest absolute Gasteiger partial charge is 0.610 e. The van der Waals surface area contributed by atoms with Crippen molar-refractivity contribution in [1.82, 2.24) is 10.1 Å². The summed E-state index contributed by atoms with van der Waals surface area (Å²) >= 11 is 0. The van der Waals surface area contributed by atoms with Crippen LogP contribution in [0.15, 0.2) is 12.4 Å². The average molecular weight is 170 g/mol. The zero-order chi connectivity index (χ0) is 8.48. The molecule has 5 nitrogen and oxygen atoms in total. The molecule has 0 aliphatic rings. The molecular weight excluding hydrogens is 167 g/mol. The van der Waals surface area contributed by atoms with Crippen molar-refractivity contribution in [3.63, 3.8) is 0 Å². The number of rotatable bonds is 1. The van der Waals surface area contributed by atoms with Crippen LogP contribution in [-0.2, 0) is 0 Å². The minimum Gasteiger partial charge on any atom is -0.205 e. The normalized spacial score (nSPS) is 11.5. The van der Waals surface area contributed by atoms with Gasteiger partial charge in [-0.25, -0.2) is 4.84 Å². The second-order valence-corrected chi connectivity index (χ2v) is 1.59. The summed E-state index contributed by atoms with van der Waals surface area (Å²) in [5, 5.41) is 1.67. The van der Waals surface area contributed by atoms with Crippen molar-refractivity contribution in [2.75, 3.05) is 0 Å². The van der Waals surface area contributed by atoms with Gasteiger partial charge in [-0.05, 0) is 10.1 Å². The fraction of sp³-hybridized carbons (Fsp3) is 0.333. The van der Waals surface area contributed by atoms with Crippen LogP contribution in [0, 0.1) is 4.91 Å². The van der Waals surface area contributed by atoms with Crippen LogP contribution in [0.2, 0.25) is 0 Å². The predicted octanol–water partition coefficient (Wildman–Crippen LogP) is -0.321. The highest BCUT2D eigenvalue weighted by Gasteiger charge is 2.35. The molecule has 0 amide bonds. The molecule has 62 valence electrons. The molecule has 0 atom stereocenters. The molecule has 1 N–H and O–H groups in total. The van der Waals surface area contributed by atoms with Crippen molar-refractivity contribution in [2.24, 2.45) is 0 Å². The first-order valence-corrected chi connectivity index (χ1v) is 2.43. The second-order valence-electron chi connectivity index (χ2n) is 1.59. The lowest BCUT2D eigenvalue weighted by Gasteiger charge is -1.99. The lowest BCUT2D eigenvalue weighted by atomic mass is 11.0. The Morgan fingerprint density at radius 1 is 1.55 bits per heavy atom. The van der Waals surface area contributed by atoms with Crippen molar-refractivity contribution < 1.29 is 22.6 Å². The van der Waals surface area contributed by atoms with Gasteiger partial charge in [0.15, 0.2) is 0 Å². The zero-order valence-corrected chi connectivity index (χ0v) is 5.00. The van der Waals surface area contributed by atoms with Crippen LogP contribution in [0.25, 0.3) is 0 Å². The summed E-state index contributed by atoms with van der Waals surface area (Å²) in [6.07, 6.45) is -3.19. The Balaban J connectivity index is 2.73. The summed E-state index contributed by atoms with van der Waals surface area (Å²) in [7, 11) is 0. The summed E-state index contributed by atoms with van der Waals surface area (Å²) in [5.41, 5.74) is 0. The van der Waals surface area contributed by atoms with Crippen LogP contribution in [0.4, 0.5) is 13.2 Å². The number of halogens is 3. The Labute approximate surface area is 57.5 Å². The molecule has 0 bridgehead atoms. The van der Waals surface area contributed by atoms with E-state index < -0.39 is 6.36 Å². The predicted molar refractivity (Wildman–Crippen MR) is 24.8 cm³/mol. The molecule has 0 radical (unpaired) electrons. The van der Waals surface area contributed by atoms with E-state index >= 15 is 0 Å². The van der Waals surface area contributed by atoms with Gasteiger partial charge >= 0.3 is 6.36 Å². The summed E-state index contributed by atoms with van der Waals surface area (Å²) in [6.45, 7) is 0. The van der Waals surface area contributed by atoms with Crippen molar-refractivity contribution in [2.45, 2.75) is 6.36 Å². The third kappa shape index (κ3) is 2.32. The van der Waals surface area contributed by atoms with E-state index in [2.05, 4.69) is 4.84 Å². The topological polar surface area (TPSA) is 52.9 Å². The molecule has 0 saturated carbocycles. The van der Waals surface area contributed by atoms with Gasteiger partial charge in [0.2, 0.25) is 12.4 Å². The molecule has 1 rings (SSSR count). The summed E-state index contributed by atoms with van der Waals surface area (Å²) in [4.78, 5) is 13.6. The van der Waals surface area contributed by atoms with Gasteiger partial charge in [-0.15, -0.1) is 13.2 Å². The summed E-state index contributed by atoms with van der Waals surface area (Å²) < 4.78 is 34.2. The molecule has 1 heterocycles. The number of alkyl halides is 3. The number of hydrogen-bond donors (Lipinski definition) is 1. The first kappa shape index (κ1) is 7.63. The van der Waals surface area contributed by atoms with E-state index in [9.17, 15) is 18.1 Å². The third-order valence-electron chi connectivity index (χ3n) is 0.736. The fourth-order valence-electron chi connectivity index (χ4n) is 0.447. The van der Waals surface area contributed by atoms with Gasteiger partial charge in [-0.1, -0.05) is 0 Å². The SMILES string of the molecule is O=[n+]1ccn(OC(F)(F)F)[nH]1. The number of nitrogens with one attached hydrogen (secondary N) is 1. The van der Waals surface area contributed by atoms with E-state index in [0.717, 1.165) is 12.4 Å². The first-order valence-electron chi connectivity index (χ1n) is 2.43. The van der Waals surface area contributed by atoms with E-state index in [4.69, 9.17) is 0 Å². The average Bonchev–Trinajstić information content (AvgIpc) is 2.10. The number of hydrogen-bond acceptors (Lipinski definition) is 2. The Bertz CT molecular complexity index is 287. The van der Waals surface area contributed by atoms with E-state index in [1.165, 1.54) is 0 Å². The molecule has 0 aliphatic heterocycles. The van der Waals surface area contributed by atoms with Gasteiger partial charge in [0.1, 0.15) is 0 Å². The molecule has 0 unspecified atom stereocenters. The number of H-pyrrole nitrogens is 1. The van der Waals surface area contributed by atoms with Crippen molar-refractivity contribution in [1.29, 1.82) is 0 Å². The number of aromatic nitrogens is 3. The summed E-state index contributed by atoms with van der Waals surface area (Å²) in [6, 6.07) is 0. The molecule has 0 fully saturated rings. The Morgan fingerprint density at radius 2 is 2.18 bits per heavy atom. The van der Waals surface area contributed by atoms with Gasteiger partial charge in [0.05, 0.1) is 4.54 Å². The minimum atomic E-state index is -4.80. The highest BCUT2D eigenvalue weighted by molar-refractivity contribution is 4.52. The van der Waals surface area contributed by atoms with Crippen molar-refractivity contribution in [3.05, 3.63) is 17.3 Å². The minimum absolute atomic E-state index is 0.0612. The standard InChI is InChI=1S/C3H3F3N3O2/c4-3(5,6)11-9-2-1-8(10)7-9/h1-2H,(H,7,10)/q+1. The zero-order valence-electron chi connectivity index (χ0n) is 5.00. The second kappa shape index (κ2) is 2.29. The van der Waals surface area contributed by atoms with Gasteiger partial charge in [0.25, 0.3) is 0 Å². The van der Waals surface area contributed by atoms with Gasteiger partial charge in [-0.2, -0.15) is 0 Å². The van der Waals surface area contributed by atoms with Crippen LogP contribution < -0.4 is 9.38 Å². The molecule has 0 aliphatic carbocycles. The summed E-state index contributed by atoms with van der Waals surface area (Å²) in [5.74, 6) is 0. The Morgan fingerprint density at radius 3 is 2.55 bits per heavy atom. The quantitative estimate of drug-likeness (QED) is 0.587. The lowest BCUT2D eigenvalue weighted by molar-refractivity contribution is -0.573. The number of aromatic amines is 1. The van der Waals surface area contributed by atoms with Crippen LogP contribution in [0.5, 0.6) is 0 Å². The van der Waals surface area contributed by atoms with Crippen LogP contribution in [0.1, 0.15) is 0 Å². The molecule has 11 heavy (non-hydrogen) atoms. The molecule has 0 saturated heterocycles. The Kier molecular flexibility index (Phi) is 1.59. The monoisotopic (exact) mass is 170 g/mol. The van der Waals surface area contributed by atoms with Crippen LogP contribution in [-0.4, -0.2) is 16.4 Å². The maximum Gasteiger partial charge on any atom is 0.610 e. The van der Waals surface area contributed by atoms with Crippen molar-refractivity contribution >= 4 is 0 Å². The third-order valence-corrected chi connectivity index (χ3v) is 0.736. The highest BCUT2D eigenvalue weighted by Crippen LogP contribution is 2.11. The van der Waals surface area contributed by atoms with E-state index in [-0.39, 0.29) is 9.39 Å². The molecule has 1 aromatic rings. The van der Waals surface area contributed by atoms with Gasteiger partial charge < -0.3 is 0 Å². The van der Waals surface area contributed by atoms with Crippen LogP contribution in [0.3, 0.4) is 0 Å². The van der Waals surface area contributed by atoms with E-state index in [0.29, 0.717) is 0 Å². The molecule has 0 spiro atoms. The van der Waals surface area contributed by atoms with Gasteiger partial charge in [0, 0.05) is 4.85 Å². The molecular formula is C3H3F3N3O2+. The molecule has 1 aromatic heterocycles. The molecule has 8 heteroatoms. The lowest BCUT2D eigenvalue weighted by Crippen LogP contribution is -2.30. The van der Waals surface area contributed by atoms with Crippen LogP contribution >= 0.6 is 0 Å². The van der Waals surface area contributed by atoms with E-state index in [1.54, 1.807) is 5.21 Å².